The standard InChI is InChI=1S/C9H14N2O3S3/c1-5(2)17(13,14)7-4-6(8(12)11-10)16-9(7)15-3/h4-5H,10H2,1-3H3,(H,11,12). The third kappa shape index (κ3) is 2.82. The van der Waals surface area contributed by atoms with E-state index in [2.05, 4.69) is 0 Å². The Balaban J connectivity index is 3.35. The van der Waals surface area contributed by atoms with E-state index in [-0.39, 0.29) is 4.90 Å². The smallest absolute Gasteiger partial charge is 0.275 e. The lowest BCUT2D eigenvalue weighted by atomic mass is 10.4. The third-order valence-electron chi connectivity index (χ3n) is 2.13. The predicted octanol–water partition coefficient (Wildman–Crippen LogP) is 1.26. The van der Waals surface area contributed by atoms with Crippen LogP contribution in [0.5, 0.6) is 0 Å². The normalized spacial score (nSPS) is 11.8. The first kappa shape index (κ1) is 14.5. The van der Waals surface area contributed by atoms with Crippen LogP contribution in [-0.2, 0) is 9.84 Å². The highest BCUT2D eigenvalue weighted by Gasteiger charge is 2.26. The summed E-state index contributed by atoms with van der Waals surface area (Å²) in [5, 5.41) is -0.517. The van der Waals surface area contributed by atoms with E-state index in [0.717, 1.165) is 11.3 Å². The minimum Gasteiger partial charge on any atom is -0.289 e. The van der Waals surface area contributed by atoms with Gasteiger partial charge in [0, 0.05) is 0 Å². The van der Waals surface area contributed by atoms with Crippen LogP contribution in [-0.4, -0.2) is 25.8 Å². The molecule has 1 amide bonds. The number of carbonyl (C=O) groups is 1. The Morgan fingerprint density at radius 3 is 2.53 bits per heavy atom. The van der Waals surface area contributed by atoms with Crippen LogP contribution in [0.1, 0.15) is 23.5 Å². The van der Waals surface area contributed by atoms with Gasteiger partial charge in [0.25, 0.3) is 5.91 Å². The second-order valence-electron chi connectivity index (χ2n) is 3.53. The number of hydrazine groups is 1. The number of sulfone groups is 1. The van der Waals surface area contributed by atoms with Crippen LogP contribution < -0.4 is 11.3 Å². The lowest BCUT2D eigenvalue weighted by molar-refractivity contribution is 0.0957. The number of rotatable bonds is 4. The van der Waals surface area contributed by atoms with Crippen molar-refractivity contribution >= 4 is 38.8 Å². The lowest BCUT2D eigenvalue weighted by Crippen LogP contribution is -2.29. The van der Waals surface area contributed by atoms with Crippen LogP contribution in [0, 0.1) is 0 Å². The molecule has 0 aliphatic carbocycles. The summed E-state index contributed by atoms with van der Waals surface area (Å²) in [6.07, 6.45) is 1.77. The Hall–Kier alpha value is -0.570. The van der Waals surface area contributed by atoms with Crippen molar-refractivity contribution in [2.45, 2.75) is 28.2 Å². The number of thioether (sulfide) groups is 1. The number of carbonyl (C=O) groups excluding carboxylic acids is 1. The molecule has 1 aromatic heterocycles. The lowest BCUT2D eigenvalue weighted by Gasteiger charge is -2.06. The van der Waals surface area contributed by atoms with E-state index in [1.165, 1.54) is 17.8 Å². The zero-order chi connectivity index (χ0) is 13.2. The van der Waals surface area contributed by atoms with Crippen LogP contribution in [0.4, 0.5) is 0 Å². The SMILES string of the molecule is CSc1sc(C(=O)NN)cc1S(=O)(=O)C(C)C. The number of hydrogen-bond donors (Lipinski definition) is 2. The van der Waals surface area contributed by atoms with Crippen LogP contribution in [0.15, 0.2) is 15.2 Å². The molecule has 0 unspecified atom stereocenters. The maximum atomic E-state index is 12.1. The van der Waals surface area contributed by atoms with E-state index in [1.807, 2.05) is 5.43 Å². The quantitative estimate of drug-likeness (QED) is 0.378. The van der Waals surface area contributed by atoms with Gasteiger partial charge >= 0.3 is 0 Å². The van der Waals surface area contributed by atoms with Gasteiger partial charge in [-0.1, -0.05) is 0 Å². The molecular weight excluding hydrogens is 280 g/mol. The van der Waals surface area contributed by atoms with Gasteiger partial charge in [0.15, 0.2) is 9.84 Å². The maximum absolute atomic E-state index is 12.1. The van der Waals surface area contributed by atoms with Gasteiger partial charge in [-0.3, -0.25) is 10.2 Å². The molecule has 1 aromatic rings. The maximum Gasteiger partial charge on any atom is 0.275 e. The molecule has 0 aliphatic heterocycles. The number of amides is 1. The van der Waals surface area contributed by atoms with Crippen LogP contribution >= 0.6 is 23.1 Å². The van der Waals surface area contributed by atoms with Crippen molar-refractivity contribution < 1.29 is 13.2 Å². The molecule has 1 heterocycles. The fourth-order valence-electron chi connectivity index (χ4n) is 1.14. The fraction of sp³-hybridized carbons (Fsp3) is 0.444. The first-order valence-electron chi connectivity index (χ1n) is 4.77. The Morgan fingerprint density at radius 1 is 1.53 bits per heavy atom. The topological polar surface area (TPSA) is 89.3 Å². The minimum atomic E-state index is -3.37. The second-order valence-corrected chi connectivity index (χ2v) is 8.13. The summed E-state index contributed by atoms with van der Waals surface area (Å²) in [4.78, 5) is 11.9. The summed E-state index contributed by atoms with van der Waals surface area (Å²) in [6.45, 7) is 3.22. The monoisotopic (exact) mass is 294 g/mol. The number of nitrogen functional groups attached to an aromatic ring is 1. The fourth-order valence-corrected chi connectivity index (χ4v) is 4.85. The molecule has 5 nitrogen and oxygen atoms in total. The van der Waals surface area contributed by atoms with Crippen molar-refractivity contribution in [1.29, 1.82) is 0 Å². The highest BCUT2D eigenvalue weighted by atomic mass is 32.2. The Morgan fingerprint density at radius 2 is 2.12 bits per heavy atom. The molecule has 0 saturated carbocycles. The first-order valence-corrected chi connectivity index (χ1v) is 8.36. The van der Waals surface area contributed by atoms with Crippen molar-refractivity contribution in [3.63, 3.8) is 0 Å². The van der Waals surface area contributed by atoms with E-state index < -0.39 is 21.0 Å². The molecule has 0 spiro atoms. The van der Waals surface area contributed by atoms with Gasteiger partial charge in [-0.05, 0) is 26.2 Å². The number of hydrogen-bond acceptors (Lipinski definition) is 6. The zero-order valence-corrected chi connectivity index (χ0v) is 12.1. The number of nitrogens with two attached hydrogens (primary N) is 1. The summed E-state index contributed by atoms with van der Waals surface area (Å²) in [5.41, 5.74) is 1.99. The van der Waals surface area contributed by atoms with Crippen molar-refractivity contribution in [2.24, 2.45) is 5.84 Å². The Labute approximate surface area is 109 Å². The largest absolute Gasteiger partial charge is 0.289 e. The number of thiophene rings is 1. The molecule has 8 heteroatoms. The van der Waals surface area contributed by atoms with Gasteiger partial charge in [-0.2, -0.15) is 0 Å². The molecule has 3 N–H and O–H groups in total. The molecule has 0 aromatic carbocycles. The van der Waals surface area contributed by atoms with Crippen molar-refractivity contribution in [3.8, 4) is 0 Å². The predicted molar refractivity (Wildman–Crippen MR) is 70.1 cm³/mol. The molecule has 0 saturated heterocycles. The van der Waals surface area contributed by atoms with E-state index in [4.69, 9.17) is 5.84 Å². The first-order chi connectivity index (χ1) is 7.84. The van der Waals surface area contributed by atoms with Gasteiger partial charge in [0.05, 0.1) is 19.2 Å². The molecule has 0 fully saturated rings. The molecular formula is C9H14N2O3S3. The van der Waals surface area contributed by atoms with Gasteiger partial charge in [-0.15, -0.1) is 23.1 Å². The highest BCUT2D eigenvalue weighted by Crippen LogP contribution is 2.35. The third-order valence-corrected chi connectivity index (χ3v) is 6.84. The summed E-state index contributed by atoms with van der Waals surface area (Å²) >= 11 is 2.44. The average Bonchev–Trinajstić information content (AvgIpc) is 2.72. The summed E-state index contributed by atoms with van der Waals surface area (Å²) in [7, 11) is -3.37. The van der Waals surface area contributed by atoms with Crippen LogP contribution in [0.3, 0.4) is 0 Å². The summed E-state index contributed by atoms with van der Waals surface area (Å²) in [6, 6.07) is 1.38. The van der Waals surface area contributed by atoms with E-state index in [0.29, 0.717) is 9.09 Å². The van der Waals surface area contributed by atoms with Crippen LogP contribution in [0.2, 0.25) is 0 Å². The highest BCUT2D eigenvalue weighted by molar-refractivity contribution is 8.01. The molecule has 1 rings (SSSR count). The molecule has 0 radical (unpaired) electrons. The Bertz CT molecular complexity index is 520. The minimum absolute atomic E-state index is 0.212. The summed E-state index contributed by atoms with van der Waals surface area (Å²) < 4.78 is 24.7. The van der Waals surface area contributed by atoms with Gasteiger partial charge in [0.2, 0.25) is 0 Å². The molecule has 0 aliphatic rings. The van der Waals surface area contributed by atoms with Gasteiger partial charge < -0.3 is 0 Å². The zero-order valence-electron chi connectivity index (χ0n) is 9.68. The van der Waals surface area contributed by atoms with Gasteiger partial charge in [-0.25, -0.2) is 14.3 Å². The molecule has 0 bridgehead atoms. The van der Waals surface area contributed by atoms with Gasteiger partial charge in [0.1, 0.15) is 0 Å². The van der Waals surface area contributed by atoms with E-state index in [9.17, 15) is 13.2 Å². The average molecular weight is 294 g/mol. The Kier molecular flexibility index (Phi) is 4.59. The van der Waals surface area contributed by atoms with E-state index in [1.54, 1.807) is 20.1 Å². The van der Waals surface area contributed by atoms with E-state index >= 15 is 0 Å². The molecule has 0 atom stereocenters. The van der Waals surface area contributed by atoms with Crippen molar-refractivity contribution in [2.75, 3.05) is 6.26 Å². The van der Waals surface area contributed by atoms with Crippen LogP contribution in [0.25, 0.3) is 0 Å². The molecule has 17 heavy (non-hydrogen) atoms. The molecule has 96 valence electrons. The number of nitrogens with one attached hydrogen (secondary N) is 1. The second kappa shape index (κ2) is 5.38. The summed E-state index contributed by atoms with van der Waals surface area (Å²) in [5.74, 6) is 4.55. The van der Waals surface area contributed by atoms with Crippen molar-refractivity contribution in [1.82, 2.24) is 5.43 Å². The van der Waals surface area contributed by atoms with Crippen molar-refractivity contribution in [3.05, 3.63) is 10.9 Å².